The van der Waals surface area contributed by atoms with E-state index in [9.17, 15) is 4.79 Å². The number of hydrogen-bond acceptors (Lipinski definition) is 2. The molecule has 0 aliphatic carbocycles. The predicted octanol–water partition coefficient (Wildman–Crippen LogP) is 3.78. The number of hydrogen-bond donors (Lipinski definition) is 1. The van der Waals surface area contributed by atoms with Crippen LogP contribution in [0.4, 0.5) is 5.69 Å². The van der Waals surface area contributed by atoms with Crippen LogP contribution in [0.3, 0.4) is 0 Å². The molecule has 1 N–H and O–H groups in total. The van der Waals surface area contributed by atoms with Crippen molar-refractivity contribution in [2.45, 2.75) is 0 Å². The van der Waals surface area contributed by atoms with Crippen LogP contribution < -0.4 is 5.32 Å². The Morgan fingerprint density at radius 1 is 1.10 bits per heavy atom. The second kappa shape index (κ2) is 5.81. The van der Waals surface area contributed by atoms with Crippen molar-refractivity contribution in [3.63, 3.8) is 0 Å². The fraction of sp³-hybridized carbons (Fsp3) is 0. The molecule has 0 bridgehead atoms. The van der Waals surface area contributed by atoms with Gasteiger partial charge in [-0.25, -0.2) is 4.98 Å². The van der Waals surface area contributed by atoms with E-state index in [0.29, 0.717) is 11.3 Å². The van der Waals surface area contributed by atoms with Crippen molar-refractivity contribution in [2.75, 3.05) is 5.32 Å². The van der Waals surface area contributed by atoms with Crippen LogP contribution in [0.2, 0.25) is 5.15 Å². The maximum absolute atomic E-state index is 12.3. The van der Waals surface area contributed by atoms with Gasteiger partial charge in [0.25, 0.3) is 5.91 Å². The Labute approximate surface area is 127 Å². The highest BCUT2D eigenvalue weighted by atomic mass is 35.5. The number of nitrogens with one attached hydrogen (secondary N) is 1. The van der Waals surface area contributed by atoms with E-state index < -0.39 is 0 Å². The molecule has 1 amide bonds. The molecular formula is C16H12ClN3O. The number of carbonyl (C=O) groups is 1. The number of halogens is 1. The molecule has 4 nitrogen and oxygen atoms in total. The summed E-state index contributed by atoms with van der Waals surface area (Å²) in [7, 11) is 0. The number of benzene rings is 1. The molecule has 0 aliphatic heterocycles. The lowest BCUT2D eigenvalue weighted by Gasteiger charge is -2.08. The van der Waals surface area contributed by atoms with E-state index in [1.165, 1.54) is 0 Å². The molecule has 0 fully saturated rings. The molecule has 2 aromatic heterocycles. The van der Waals surface area contributed by atoms with Crippen LogP contribution in [0.15, 0.2) is 67.1 Å². The van der Waals surface area contributed by atoms with E-state index >= 15 is 0 Å². The minimum absolute atomic E-state index is 0.223. The first-order valence-corrected chi connectivity index (χ1v) is 6.77. The molecule has 104 valence electrons. The van der Waals surface area contributed by atoms with Crippen molar-refractivity contribution in [1.29, 1.82) is 0 Å². The first kappa shape index (κ1) is 13.4. The maximum Gasteiger partial charge on any atom is 0.255 e. The molecule has 0 saturated heterocycles. The van der Waals surface area contributed by atoms with Gasteiger partial charge in [-0.3, -0.25) is 4.79 Å². The molecule has 2 heterocycles. The first-order chi connectivity index (χ1) is 10.2. The molecule has 21 heavy (non-hydrogen) atoms. The summed E-state index contributed by atoms with van der Waals surface area (Å²) in [5.74, 6) is -0.223. The Morgan fingerprint density at radius 3 is 2.67 bits per heavy atom. The summed E-state index contributed by atoms with van der Waals surface area (Å²) in [6.07, 6.45) is 5.43. The summed E-state index contributed by atoms with van der Waals surface area (Å²) in [4.78, 5) is 16.2. The molecule has 0 radical (unpaired) electrons. The zero-order valence-electron chi connectivity index (χ0n) is 11.0. The number of carbonyl (C=O) groups excluding carboxylic acids is 1. The van der Waals surface area contributed by atoms with E-state index in [4.69, 9.17) is 11.6 Å². The molecule has 0 spiro atoms. The smallest absolute Gasteiger partial charge is 0.255 e. The van der Waals surface area contributed by atoms with Gasteiger partial charge in [-0.05, 0) is 42.5 Å². The van der Waals surface area contributed by atoms with Gasteiger partial charge in [-0.1, -0.05) is 17.7 Å². The number of aromatic nitrogens is 2. The monoisotopic (exact) mass is 297 g/mol. The molecule has 5 heteroatoms. The standard InChI is InChI=1S/C16H12ClN3O/c17-15-14(7-4-8-18-15)19-16(21)12-5-3-6-13(11-12)20-9-1-2-10-20/h1-11H,(H,19,21). The summed E-state index contributed by atoms with van der Waals surface area (Å²) >= 11 is 5.94. The summed E-state index contributed by atoms with van der Waals surface area (Å²) < 4.78 is 1.94. The molecule has 1 aromatic carbocycles. The number of nitrogens with zero attached hydrogens (tertiary/aromatic N) is 2. The van der Waals surface area contributed by atoms with Gasteiger partial charge >= 0.3 is 0 Å². The van der Waals surface area contributed by atoms with Crippen molar-refractivity contribution in [1.82, 2.24) is 9.55 Å². The number of amides is 1. The Morgan fingerprint density at radius 2 is 1.90 bits per heavy atom. The lowest BCUT2D eigenvalue weighted by molar-refractivity contribution is 0.102. The van der Waals surface area contributed by atoms with Gasteiger partial charge in [-0.2, -0.15) is 0 Å². The number of pyridine rings is 1. The number of anilines is 1. The van der Waals surface area contributed by atoms with Crippen molar-refractivity contribution in [2.24, 2.45) is 0 Å². The quantitative estimate of drug-likeness (QED) is 0.748. The Balaban J connectivity index is 1.85. The third kappa shape index (κ3) is 2.95. The lowest BCUT2D eigenvalue weighted by Crippen LogP contribution is -2.12. The van der Waals surface area contributed by atoms with Crippen LogP contribution in [0.1, 0.15) is 10.4 Å². The third-order valence-corrected chi connectivity index (χ3v) is 3.32. The summed E-state index contributed by atoms with van der Waals surface area (Å²) in [6, 6.07) is 14.7. The van der Waals surface area contributed by atoms with Gasteiger partial charge < -0.3 is 9.88 Å². The molecule has 3 rings (SSSR count). The molecule has 0 unspecified atom stereocenters. The third-order valence-electron chi connectivity index (χ3n) is 3.02. The van der Waals surface area contributed by atoms with Gasteiger partial charge in [0.2, 0.25) is 0 Å². The zero-order valence-corrected chi connectivity index (χ0v) is 11.8. The van der Waals surface area contributed by atoms with Gasteiger partial charge in [0.05, 0.1) is 5.69 Å². The van der Waals surface area contributed by atoms with E-state index in [2.05, 4.69) is 10.3 Å². The SMILES string of the molecule is O=C(Nc1cccnc1Cl)c1cccc(-n2cccc2)c1. The van der Waals surface area contributed by atoms with E-state index in [1.54, 1.807) is 24.4 Å². The normalized spacial score (nSPS) is 10.3. The second-order valence-electron chi connectivity index (χ2n) is 4.44. The van der Waals surface area contributed by atoms with Gasteiger partial charge in [0, 0.05) is 29.8 Å². The van der Waals surface area contributed by atoms with Crippen LogP contribution in [0.5, 0.6) is 0 Å². The summed E-state index contributed by atoms with van der Waals surface area (Å²) in [5.41, 5.74) is 1.97. The Hall–Kier alpha value is -2.59. The van der Waals surface area contributed by atoms with Crippen LogP contribution >= 0.6 is 11.6 Å². The molecule has 3 aromatic rings. The number of rotatable bonds is 3. The topological polar surface area (TPSA) is 46.9 Å². The van der Waals surface area contributed by atoms with Crippen LogP contribution in [-0.4, -0.2) is 15.5 Å². The van der Waals surface area contributed by atoms with E-state index in [-0.39, 0.29) is 11.1 Å². The van der Waals surface area contributed by atoms with Crippen molar-refractivity contribution in [3.8, 4) is 5.69 Å². The van der Waals surface area contributed by atoms with E-state index in [1.807, 2.05) is 47.3 Å². The molecule has 0 aliphatic rings. The average Bonchev–Trinajstić information content (AvgIpc) is 3.04. The highest BCUT2D eigenvalue weighted by Crippen LogP contribution is 2.19. The predicted molar refractivity (Wildman–Crippen MR) is 83.0 cm³/mol. The highest BCUT2D eigenvalue weighted by Gasteiger charge is 2.09. The molecular weight excluding hydrogens is 286 g/mol. The Bertz CT molecular complexity index is 769. The minimum Gasteiger partial charge on any atom is -0.324 e. The average molecular weight is 298 g/mol. The lowest BCUT2D eigenvalue weighted by atomic mass is 10.2. The van der Waals surface area contributed by atoms with Gasteiger partial charge in [-0.15, -0.1) is 0 Å². The fourth-order valence-corrected chi connectivity index (χ4v) is 2.15. The second-order valence-corrected chi connectivity index (χ2v) is 4.79. The van der Waals surface area contributed by atoms with Gasteiger partial charge in [0.15, 0.2) is 5.15 Å². The highest BCUT2D eigenvalue weighted by molar-refractivity contribution is 6.32. The van der Waals surface area contributed by atoms with Crippen LogP contribution in [0.25, 0.3) is 5.69 Å². The van der Waals surface area contributed by atoms with Crippen molar-refractivity contribution in [3.05, 3.63) is 77.8 Å². The summed E-state index contributed by atoms with van der Waals surface area (Å²) in [5, 5.41) is 3.03. The van der Waals surface area contributed by atoms with Crippen LogP contribution in [-0.2, 0) is 0 Å². The molecule has 0 atom stereocenters. The first-order valence-electron chi connectivity index (χ1n) is 6.39. The maximum atomic E-state index is 12.3. The zero-order chi connectivity index (χ0) is 14.7. The van der Waals surface area contributed by atoms with Crippen LogP contribution in [0, 0.1) is 0 Å². The largest absolute Gasteiger partial charge is 0.324 e. The molecule has 0 saturated carbocycles. The summed E-state index contributed by atoms with van der Waals surface area (Å²) in [6.45, 7) is 0. The minimum atomic E-state index is -0.223. The van der Waals surface area contributed by atoms with Crippen molar-refractivity contribution >= 4 is 23.2 Å². The van der Waals surface area contributed by atoms with E-state index in [0.717, 1.165) is 5.69 Å². The Kier molecular flexibility index (Phi) is 3.71. The van der Waals surface area contributed by atoms with Crippen molar-refractivity contribution < 1.29 is 4.79 Å². The van der Waals surface area contributed by atoms with Gasteiger partial charge in [0.1, 0.15) is 0 Å². The fourth-order valence-electron chi connectivity index (χ4n) is 1.99.